The van der Waals surface area contributed by atoms with Crippen LogP contribution in [0.4, 0.5) is 0 Å². The van der Waals surface area contributed by atoms with Gasteiger partial charge in [-0.25, -0.2) is 4.79 Å². The fourth-order valence-corrected chi connectivity index (χ4v) is 4.44. The number of carboxylic acid groups (broad SMARTS) is 2. The first-order valence-electron chi connectivity index (χ1n) is 9.41. The summed E-state index contributed by atoms with van der Waals surface area (Å²) in [6.45, 7) is 0.331. The van der Waals surface area contributed by atoms with E-state index in [1.807, 2.05) is 30.3 Å². The van der Waals surface area contributed by atoms with E-state index in [1.165, 1.54) is 16.8 Å². The average Bonchev–Trinajstić information content (AvgIpc) is 3.04. The zero-order valence-electron chi connectivity index (χ0n) is 16.4. The van der Waals surface area contributed by atoms with Crippen molar-refractivity contribution in [3.63, 3.8) is 0 Å². The Hall–Kier alpha value is -2.69. The number of hydroxylamine groups is 2. The number of aliphatic carboxylic acids is 2. The minimum Gasteiger partial charge on any atom is -0.480 e. The lowest BCUT2D eigenvalue weighted by Gasteiger charge is -2.26. The number of nitrogens with zero attached hydrogens (tertiary/aromatic N) is 2. The third-order valence-corrected chi connectivity index (χ3v) is 6.09. The van der Waals surface area contributed by atoms with E-state index >= 15 is 0 Å². The molecular formula is C20H23N3O6S. The summed E-state index contributed by atoms with van der Waals surface area (Å²) in [5.74, 6) is -2.30. The zero-order valence-corrected chi connectivity index (χ0v) is 17.2. The monoisotopic (exact) mass is 433 g/mol. The molecule has 1 aromatic carbocycles. The molecule has 0 aliphatic carbocycles. The molecule has 0 spiro atoms. The molecule has 3 rings (SSSR count). The van der Waals surface area contributed by atoms with Gasteiger partial charge in [0.2, 0.25) is 0 Å². The molecule has 10 heteroatoms. The number of carbonyl (C=O) groups is 3. The number of nitrogens with one attached hydrogen (secondary N) is 1. The molecule has 160 valence electrons. The normalized spacial score (nSPS) is 24.4. The third-order valence-electron chi connectivity index (χ3n) is 4.89. The van der Waals surface area contributed by atoms with Gasteiger partial charge in [-0.3, -0.25) is 19.9 Å². The molecule has 0 bridgehead atoms. The van der Waals surface area contributed by atoms with Gasteiger partial charge in [0.05, 0.1) is 12.5 Å². The predicted molar refractivity (Wildman–Crippen MR) is 111 cm³/mol. The van der Waals surface area contributed by atoms with Crippen molar-refractivity contribution in [3.05, 3.63) is 47.5 Å². The van der Waals surface area contributed by atoms with Crippen molar-refractivity contribution in [2.45, 2.75) is 36.8 Å². The van der Waals surface area contributed by atoms with Gasteiger partial charge in [0.1, 0.15) is 17.1 Å². The van der Waals surface area contributed by atoms with Gasteiger partial charge in [0.25, 0.3) is 0 Å². The second-order valence-electron chi connectivity index (χ2n) is 7.00. The molecule has 2 heterocycles. The Morgan fingerprint density at radius 3 is 2.70 bits per heavy atom. The molecule has 3 N–H and O–H groups in total. The SMILES string of the molecule is CN1OC(=O)CC1CC=C1CSC(C(NCc2ccccc2)C(=O)O)N=C1C(=O)O. The minimum atomic E-state index is -1.20. The Balaban J connectivity index is 1.72. The van der Waals surface area contributed by atoms with Crippen molar-refractivity contribution in [1.82, 2.24) is 10.4 Å². The standard InChI is InChI=1S/C20H23N3O6S/c1-23-14(9-15(24)29-23)8-7-13-11-30-18(22-16(13)19(25)26)17(20(27)28)21-10-12-5-3-2-4-6-12/h2-7,14,17-18,21H,8-11H2,1H3,(H,25,26)(H,27,28). The van der Waals surface area contributed by atoms with Crippen molar-refractivity contribution in [3.8, 4) is 0 Å². The van der Waals surface area contributed by atoms with Crippen LogP contribution in [0.5, 0.6) is 0 Å². The van der Waals surface area contributed by atoms with Crippen molar-refractivity contribution >= 4 is 35.4 Å². The number of hydrogen-bond donors (Lipinski definition) is 3. The van der Waals surface area contributed by atoms with E-state index in [0.717, 1.165) is 5.56 Å². The van der Waals surface area contributed by atoms with Crippen molar-refractivity contribution in [2.75, 3.05) is 12.8 Å². The van der Waals surface area contributed by atoms with Gasteiger partial charge in [0.15, 0.2) is 0 Å². The fraction of sp³-hybridized carbons (Fsp3) is 0.400. The Morgan fingerprint density at radius 1 is 1.37 bits per heavy atom. The summed E-state index contributed by atoms with van der Waals surface area (Å²) < 4.78 is 0. The number of carbonyl (C=O) groups excluding carboxylic acids is 1. The van der Waals surface area contributed by atoms with E-state index in [1.54, 1.807) is 13.1 Å². The number of hydrogen-bond acceptors (Lipinski definition) is 8. The van der Waals surface area contributed by atoms with Crippen LogP contribution in [0.15, 0.2) is 47.0 Å². The lowest BCUT2D eigenvalue weighted by molar-refractivity contribution is -0.168. The maximum Gasteiger partial charge on any atom is 0.354 e. The van der Waals surface area contributed by atoms with E-state index in [9.17, 15) is 24.6 Å². The summed E-state index contributed by atoms with van der Waals surface area (Å²) in [6.07, 6.45) is 2.41. The van der Waals surface area contributed by atoms with E-state index in [2.05, 4.69) is 10.3 Å². The molecule has 0 amide bonds. The molecule has 30 heavy (non-hydrogen) atoms. The van der Waals surface area contributed by atoms with Gasteiger partial charge in [-0.05, 0) is 17.6 Å². The Bertz CT molecular complexity index is 873. The summed E-state index contributed by atoms with van der Waals surface area (Å²) in [4.78, 5) is 44.1. The number of carboxylic acids is 2. The average molecular weight is 433 g/mol. The van der Waals surface area contributed by atoms with E-state index in [0.29, 0.717) is 24.3 Å². The second-order valence-corrected chi connectivity index (χ2v) is 8.10. The first-order valence-corrected chi connectivity index (χ1v) is 10.5. The van der Waals surface area contributed by atoms with Crippen LogP contribution in [0.1, 0.15) is 18.4 Å². The highest BCUT2D eigenvalue weighted by Gasteiger charge is 2.34. The topological polar surface area (TPSA) is 129 Å². The van der Waals surface area contributed by atoms with Crippen LogP contribution in [0.25, 0.3) is 0 Å². The molecule has 1 fully saturated rings. The lowest BCUT2D eigenvalue weighted by Crippen LogP contribution is -2.45. The first kappa shape index (κ1) is 22.0. The third kappa shape index (κ3) is 5.47. The highest BCUT2D eigenvalue weighted by atomic mass is 32.2. The summed E-state index contributed by atoms with van der Waals surface area (Å²) in [5, 5.41) is 22.9. The quantitative estimate of drug-likeness (QED) is 0.556. The largest absolute Gasteiger partial charge is 0.480 e. The van der Waals surface area contributed by atoms with Crippen LogP contribution in [-0.4, -0.2) is 69.2 Å². The Labute approximate surface area is 177 Å². The lowest BCUT2D eigenvalue weighted by atomic mass is 10.1. The molecule has 0 radical (unpaired) electrons. The van der Waals surface area contributed by atoms with Crippen LogP contribution < -0.4 is 5.32 Å². The van der Waals surface area contributed by atoms with E-state index < -0.39 is 23.4 Å². The van der Waals surface area contributed by atoms with E-state index in [4.69, 9.17) is 4.84 Å². The van der Waals surface area contributed by atoms with Gasteiger partial charge in [0, 0.05) is 19.3 Å². The van der Waals surface area contributed by atoms with Crippen molar-refractivity contribution < 1.29 is 29.4 Å². The van der Waals surface area contributed by atoms with Crippen molar-refractivity contribution in [1.29, 1.82) is 0 Å². The van der Waals surface area contributed by atoms with Crippen LogP contribution in [0, 0.1) is 0 Å². The molecule has 2 aliphatic heterocycles. The maximum absolute atomic E-state index is 11.8. The van der Waals surface area contributed by atoms with Gasteiger partial charge in [-0.1, -0.05) is 36.4 Å². The smallest absolute Gasteiger partial charge is 0.354 e. The molecule has 3 atom stereocenters. The molecule has 1 saturated heterocycles. The second kappa shape index (κ2) is 9.88. The predicted octanol–water partition coefficient (Wildman–Crippen LogP) is 1.31. The molecule has 0 aromatic heterocycles. The summed E-state index contributed by atoms with van der Waals surface area (Å²) in [6, 6.07) is 8.15. The number of aliphatic imine (C=N–C) groups is 1. The fourth-order valence-electron chi connectivity index (χ4n) is 3.25. The Morgan fingerprint density at radius 2 is 2.10 bits per heavy atom. The molecule has 2 aliphatic rings. The maximum atomic E-state index is 11.8. The Kier molecular flexibility index (Phi) is 7.24. The van der Waals surface area contributed by atoms with Crippen molar-refractivity contribution in [2.24, 2.45) is 4.99 Å². The highest BCUT2D eigenvalue weighted by Crippen LogP contribution is 2.28. The highest BCUT2D eigenvalue weighted by molar-refractivity contribution is 8.00. The van der Waals surface area contributed by atoms with Crippen LogP contribution in [0.3, 0.4) is 0 Å². The van der Waals surface area contributed by atoms with Crippen LogP contribution in [0.2, 0.25) is 0 Å². The number of thioether (sulfide) groups is 1. The number of rotatable bonds is 8. The summed E-state index contributed by atoms with van der Waals surface area (Å²) in [5.41, 5.74) is 1.30. The van der Waals surface area contributed by atoms with Gasteiger partial charge in [-0.15, -0.1) is 16.8 Å². The van der Waals surface area contributed by atoms with E-state index in [-0.39, 0.29) is 24.1 Å². The van der Waals surface area contributed by atoms with Crippen LogP contribution in [-0.2, 0) is 25.8 Å². The minimum absolute atomic E-state index is 0.139. The zero-order chi connectivity index (χ0) is 21.7. The summed E-state index contributed by atoms with van der Waals surface area (Å²) >= 11 is 1.27. The molecular weight excluding hydrogens is 410 g/mol. The molecule has 1 aromatic rings. The van der Waals surface area contributed by atoms with Gasteiger partial charge < -0.3 is 15.1 Å². The summed E-state index contributed by atoms with van der Waals surface area (Å²) in [7, 11) is 1.65. The number of benzene rings is 1. The molecule has 3 unspecified atom stereocenters. The first-order chi connectivity index (χ1) is 14.3. The molecule has 0 saturated carbocycles. The molecule has 9 nitrogen and oxygen atoms in total. The van der Waals surface area contributed by atoms with Gasteiger partial charge >= 0.3 is 17.9 Å². The van der Waals surface area contributed by atoms with Crippen LogP contribution >= 0.6 is 11.8 Å². The van der Waals surface area contributed by atoms with Gasteiger partial charge in [-0.2, -0.15) is 0 Å².